The summed E-state index contributed by atoms with van der Waals surface area (Å²) in [5, 5.41) is 0. The standard InChI is InChI=1S/C12H20O/c1-11(2)6-4-9-10(13)5-7-12(9,3)8-11/h9H,4-8H2,1-3H3/t9-,12-/m1/s1. The Balaban J connectivity index is 2.22. The van der Waals surface area contributed by atoms with E-state index in [1.807, 2.05) is 0 Å². The summed E-state index contributed by atoms with van der Waals surface area (Å²) in [4.78, 5) is 11.6. The Labute approximate surface area is 80.9 Å². The lowest BCUT2D eigenvalue weighted by atomic mass is 9.60. The third-order valence-corrected chi connectivity index (χ3v) is 4.16. The van der Waals surface area contributed by atoms with E-state index in [4.69, 9.17) is 0 Å². The number of Topliss-reactive ketones (excluding diaryl/α,β-unsaturated/α-hetero) is 1. The van der Waals surface area contributed by atoms with E-state index >= 15 is 0 Å². The smallest absolute Gasteiger partial charge is 0.136 e. The van der Waals surface area contributed by atoms with Crippen LogP contribution in [-0.4, -0.2) is 5.78 Å². The third-order valence-electron chi connectivity index (χ3n) is 4.16. The van der Waals surface area contributed by atoms with E-state index in [0.717, 1.165) is 19.3 Å². The summed E-state index contributed by atoms with van der Waals surface area (Å²) in [5.41, 5.74) is 0.814. The molecule has 0 amide bonds. The maximum Gasteiger partial charge on any atom is 0.136 e. The minimum absolute atomic E-state index is 0.346. The molecule has 0 heterocycles. The first-order valence-corrected chi connectivity index (χ1v) is 5.46. The van der Waals surface area contributed by atoms with Crippen molar-refractivity contribution in [1.29, 1.82) is 0 Å². The van der Waals surface area contributed by atoms with E-state index in [2.05, 4.69) is 20.8 Å². The predicted octanol–water partition coefficient (Wildman–Crippen LogP) is 3.18. The fourth-order valence-corrected chi connectivity index (χ4v) is 3.58. The molecule has 0 aliphatic heterocycles. The summed E-state index contributed by atoms with van der Waals surface area (Å²) in [6, 6.07) is 0. The van der Waals surface area contributed by atoms with E-state index in [9.17, 15) is 4.79 Å². The molecule has 0 aromatic heterocycles. The Morgan fingerprint density at radius 2 is 1.92 bits per heavy atom. The highest BCUT2D eigenvalue weighted by atomic mass is 16.1. The van der Waals surface area contributed by atoms with Crippen LogP contribution in [0.4, 0.5) is 0 Å². The molecule has 0 saturated heterocycles. The Hall–Kier alpha value is -0.330. The molecule has 0 bridgehead atoms. The molecule has 0 aromatic carbocycles. The molecule has 0 aromatic rings. The molecular weight excluding hydrogens is 160 g/mol. The van der Waals surface area contributed by atoms with Gasteiger partial charge in [-0.25, -0.2) is 0 Å². The average Bonchev–Trinajstić information content (AvgIpc) is 2.24. The first kappa shape index (κ1) is 9.23. The van der Waals surface area contributed by atoms with Gasteiger partial charge in [-0.15, -0.1) is 0 Å². The second kappa shape index (κ2) is 2.59. The van der Waals surface area contributed by atoms with Crippen LogP contribution in [0.3, 0.4) is 0 Å². The lowest BCUT2D eigenvalue weighted by Gasteiger charge is -2.44. The SMILES string of the molecule is CC1(C)CC[C@@H]2C(=O)CC[C@]2(C)C1. The third kappa shape index (κ3) is 1.43. The zero-order chi connectivity index (χ0) is 9.69. The van der Waals surface area contributed by atoms with E-state index in [-0.39, 0.29) is 0 Å². The molecule has 2 aliphatic carbocycles. The monoisotopic (exact) mass is 180 g/mol. The summed E-state index contributed by atoms with van der Waals surface area (Å²) in [7, 11) is 0. The molecule has 74 valence electrons. The lowest BCUT2D eigenvalue weighted by molar-refractivity contribution is -0.124. The van der Waals surface area contributed by atoms with Crippen LogP contribution in [0.5, 0.6) is 0 Å². The molecule has 0 unspecified atom stereocenters. The highest BCUT2D eigenvalue weighted by Crippen LogP contribution is 2.55. The Morgan fingerprint density at radius 3 is 2.62 bits per heavy atom. The second-order valence-corrected chi connectivity index (χ2v) is 6.05. The first-order valence-electron chi connectivity index (χ1n) is 5.46. The van der Waals surface area contributed by atoms with Gasteiger partial charge in [0, 0.05) is 12.3 Å². The van der Waals surface area contributed by atoms with Gasteiger partial charge in [0.1, 0.15) is 5.78 Å². The van der Waals surface area contributed by atoms with Gasteiger partial charge < -0.3 is 0 Å². The largest absolute Gasteiger partial charge is 0.299 e. The zero-order valence-corrected chi connectivity index (χ0v) is 9.02. The summed E-state index contributed by atoms with van der Waals surface area (Å²) < 4.78 is 0. The molecule has 0 radical (unpaired) electrons. The number of rotatable bonds is 0. The first-order chi connectivity index (χ1) is 5.93. The lowest BCUT2D eigenvalue weighted by Crippen LogP contribution is -2.36. The molecule has 2 atom stereocenters. The zero-order valence-electron chi connectivity index (χ0n) is 9.02. The molecule has 2 aliphatic rings. The topological polar surface area (TPSA) is 17.1 Å². The Bertz CT molecular complexity index is 242. The molecule has 1 nitrogen and oxygen atoms in total. The van der Waals surface area contributed by atoms with Crippen LogP contribution in [-0.2, 0) is 4.79 Å². The number of carbonyl (C=O) groups excluding carboxylic acids is 1. The van der Waals surface area contributed by atoms with Gasteiger partial charge in [0.2, 0.25) is 0 Å². The van der Waals surface area contributed by atoms with Gasteiger partial charge in [-0.2, -0.15) is 0 Å². The van der Waals surface area contributed by atoms with Crippen LogP contribution in [0.1, 0.15) is 52.9 Å². The van der Waals surface area contributed by atoms with Gasteiger partial charge in [-0.05, 0) is 36.5 Å². The van der Waals surface area contributed by atoms with Crippen LogP contribution in [0.2, 0.25) is 0 Å². The molecule has 0 N–H and O–H groups in total. The van der Waals surface area contributed by atoms with Crippen LogP contribution in [0.25, 0.3) is 0 Å². The van der Waals surface area contributed by atoms with Crippen LogP contribution < -0.4 is 0 Å². The molecule has 2 rings (SSSR count). The average molecular weight is 180 g/mol. The maximum atomic E-state index is 11.6. The summed E-state index contributed by atoms with van der Waals surface area (Å²) in [6.07, 6.45) is 5.61. The fraction of sp³-hybridized carbons (Fsp3) is 0.917. The molecule has 1 heteroatoms. The molecule has 2 saturated carbocycles. The van der Waals surface area contributed by atoms with E-state index in [0.29, 0.717) is 22.5 Å². The van der Waals surface area contributed by atoms with Gasteiger partial charge in [-0.1, -0.05) is 20.8 Å². The Kier molecular flexibility index (Phi) is 1.84. The normalized spacial score (nSPS) is 43.3. The van der Waals surface area contributed by atoms with Crippen molar-refractivity contribution >= 4 is 5.78 Å². The van der Waals surface area contributed by atoms with Gasteiger partial charge in [0.05, 0.1) is 0 Å². The quantitative estimate of drug-likeness (QED) is 0.559. The van der Waals surface area contributed by atoms with Crippen molar-refractivity contribution in [2.24, 2.45) is 16.7 Å². The number of fused-ring (bicyclic) bond motifs is 1. The number of carbonyl (C=O) groups is 1. The summed E-state index contributed by atoms with van der Waals surface area (Å²) in [6.45, 7) is 7.01. The van der Waals surface area contributed by atoms with Gasteiger partial charge >= 0.3 is 0 Å². The van der Waals surface area contributed by atoms with Gasteiger partial charge in [0.15, 0.2) is 0 Å². The van der Waals surface area contributed by atoms with Crippen LogP contribution in [0.15, 0.2) is 0 Å². The number of hydrogen-bond acceptors (Lipinski definition) is 1. The van der Waals surface area contributed by atoms with Crippen LogP contribution >= 0.6 is 0 Å². The van der Waals surface area contributed by atoms with Crippen molar-refractivity contribution in [3.8, 4) is 0 Å². The van der Waals surface area contributed by atoms with E-state index < -0.39 is 0 Å². The highest BCUT2D eigenvalue weighted by Gasteiger charge is 2.49. The molecule has 0 spiro atoms. The highest BCUT2D eigenvalue weighted by molar-refractivity contribution is 5.84. The van der Waals surface area contributed by atoms with Gasteiger partial charge in [-0.3, -0.25) is 4.79 Å². The van der Waals surface area contributed by atoms with Crippen LogP contribution in [0, 0.1) is 16.7 Å². The van der Waals surface area contributed by atoms with Crippen molar-refractivity contribution < 1.29 is 4.79 Å². The molecule has 13 heavy (non-hydrogen) atoms. The molecular formula is C12H20O. The van der Waals surface area contributed by atoms with Crippen molar-refractivity contribution in [3.63, 3.8) is 0 Å². The fourth-order valence-electron chi connectivity index (χ4n) is 3.58. The minimum atomic E-state index is 0.346. The number of ketones is 1. The summed E-state index contributed by atoms with van der Waals surface area (Å²) in [5.74, 6) is 0.943. The maximum absolute atomic E-state index is 11.6. The Morgan fingerprint density at radius 1 is 1.23 bits per heavy atom. The van der Waals surface area contributed by atoms with E-state index in [1.165, 1.54) is 12.8 Å². The second-order valence-electron chi connectivity index (χ2n) is 6.05. The number of hydrogen-bond donors (Lipinski definition) is 0. The molecule has 2 fully saturated rings. The van der Waals surface area contributed by atoms with E-state index in [1.54, 1.807) is 0 Å². The van der Waals surface area contributed by atoms with Crippen molar-refractivity contribution in [1.82, 2.24) is 0 Å². The minimum Gasteiger partial charge on any atom is -0.299 e. The van der Waals surface area contributed by atoms with Crippen molar-refractivity contribution in [2.45, 2.75) is 52.9 Å². The van der Waals surface area contributed by atoms with Crippen molar-refractivity contribution in [3.05, 3.63) is 0 Å². The summed E-state index contributed by atoms with van der Waals surface area (Å²) >= 11 is 0. The van der Waals surface area contributed by atoms with Crippen molar-refractivity contribution in [2.75, 3.05) is 0 Å². The predicted molar refractivity (Wildman–Crippen MR) is 53.5 cm³/mol. The van der Waals surface area contributed by atoms with Gasteiger partial charge in [0.25, 0.3) is 0 Å².